The Kier molecular flexibility index (Phi) is 5.53. The van der Waals surface area contributed by atoms with Crippen molar-refractivity contribution in [2.45, 2.75) is 11.4 Å². The van der Waals surface area contributed by atoms with Gasteiger partial charge in [0, 0.05) is 7.05 Å². The maximum absolute atomic E-state index is 12.7. The molecule has 140 valence electrons. The highest BCUT2D eigenvalue weighted by molar-refractivity contribution is 7.92. The lowest BCUT2D eigenvalue weighted by molar-refractivity contribution is 0.0948. The summed E-state index contributed by atoms with van der Waals surface area (Å²) in [7, 11) is -2.28. The molecule has 1 heterocycles. The van der Waals surface area contributed by atoms with Crippen LogP contribution in [0, 0.1) is 0 Å². The highest BCUT2D eigenvalue weighted by Gasteiger charge is 2.22. The van der Waals surface area contributed by atoms with Crippen LogP contribution in [0.15, 0.2) is 76.2 Å². The van der Waals surface area contributed by atoms with E-state index in [2.05, 4.69) is 5.32 Å². The fourth-order valence-corrected chi connectivity index (χ4v) is 3.92. The molecule has 0 saturated carbocycles. The number of sulfonamides is 1. The number of carbonyl (C=O) groups is 1. The number of hydrogen-bond donors (Lipinski definition) is 1. The van der Waals surface area contributed by atoms with E-state index in [1.807, 2.05) is 0 Å². The van der Waals surface area contributed by atoms with Gasteiger partial charge in [0.15, 0.2) is 0 Å². The third-order valence-electron chi connectivity index (χ3n) is 3.97. The molecule has 0 aliphatic heterocycles. The Morgan fingerprint density at radius 2 is 1.85 bits per heavy atom. The standard InChI is InChI=1S/C19H17ClN2O4S/c1-22(27(24,25)16-7-3-2-4-8-16)14-9-10-17(18(20)12-14)19(23)21-13-15-6-5-11-26-15/h2-12H,13H2,1H3,(H,21,23). The van der Waals surface area contributed by atoms with Crippen LogP contribution >= 0.6 is 11.6 Å². The molecular formula is C19H17ClN2O4S. The first-order valence-electron chi connectivity index (χ1n) is 8.03. The first-order chi connectivity index (χ1) is 12.9. The molecule has 6 nitrogen and oxygen atoms in total. The summed E-state index contributed by atoms with van der Waals surface area (Å²) in [6, 6.07) is 16.0. The minimum absolute atomic E-state index is 0.152. The van der Waals surface area contributed by atoms with Crippen LogP contribution in [0.1, 0.15) is 16.1 Å². The molecule has 1 amide bonds. The summed E-state index contributed by atoms with van der Waals surface area (Å²) in [6.07, 6.45) is 1.52. The zero-order chi connectivity index (χ0) is 19.4. The zero-order valence-corrected chi connectivity index (χ0v) is 16.0. The summed E-state index contributed by atoms with van der Waals surface area (Å²) < 4.78 is 31.7. The Morgan fingerprint density at radius 1 is 1.11 bits per heavy atom. The smallest absolute Gasteiger partial charge is 0.264 e. The number of furan rings is 1. The van der Waals surface area contributed by atoms with Crippen LogP contribution in [0.2, 0.25) is 5.02 Å². The molecule has 0 unspecified atom stereocenters. The first kappa shape index (κ1) is 19.0. The van der Waals surface area contributed by atoms with Crippen molar-refractivity contribution in [2.75, 3.05) is 11.4 Å². The van der Waals surface area contributed by atoms with Crippen molar-refractivity contribution in [3.05, 3.63) is 83.3 Å². The normalized spacial score (nSPS) is 11.2. The number of hydrogen-bond acceptors (Lipinski definition) is 4. The van der Waals surface area contributed by atoms with Crippen molar-refractivity contribution in [2.24, 2.45) is 0 Å². The van der Waals surface area contributed by atoms with Gasteiger partial charge in [-0.05, 0) is 42.5 Å². The van der Waals surface area contributed by atoms with Crippen LogP contribution in [0.25, 0.3) is 0 Å². The summed E-state index contributed by atoms with van der Waals surface area (Å²) in [5.41, 5.74) is 0.601. The zero-order valence-electron chi connectivity index (χ0n) is 14.4. The van der Waals surface area contributed by atoms with Crippen molar-refractivity contribution in [3.63, 3.8) is 0 Å². The van der Waals surface area contributed by atoms with Crippen LogP contribution in [0.4, 0.5) is 5.69 Å². The Morgan fingerprint density at radius 3 is 2.48 bits per heavy atom. The SMILES string of the molecule is CN(c1ccc(C(=O)NCc2ccco2)c(Cl)c1)S(=O)(=O)c1ccccc1. The predicted octanol–water partition coefficient (Wildman–Crippen LogP) is 3.69. The minimum atomic E-state index is -3.72. The van der Waals surface area contributed by atoms with E-state index in [0.29, 0.717) is 11.4 Å². The van der Waals surface area contributed by atoms with E-state index in [-0.39, 0.29) is 27.9 Å². The second-order valence-corrected chi connectivity index (χ2v) is 8.09. The van der Waals surface area contributed by atoms with Crippen molar-refractivity contribution in [1.82, 2.24) is 5.32 Å². The number of halogens is 1. The van der Waals surface area contributed by atoms with Gasteiger partial charge in [0.05, 0.1) is 34.0 Å². The summed E-state index contributed by atoms with van der Waals surface area (Å²) >= 11 is 6.22. The number of benzene rings is 2. The lowest BCUT2D eigenvalue weighted by Crippen LogP contribution is -2.27. The van der Waals surface area contributed by atoms with Gasteiger partial charge < -0.3 is 9.73 Å². The van der Waals surface area contributed by atoms with Gasteiger partial charge in [-0.25, -0.2) is 8.42 Å². The van der Waals surface area contributed by atoms with Gasteiger partial charge in [-0.1, -0.05) is 29.8 Å². The molecular weight excluding hydrogens is 388 g/mol. The molecule has 0 fully saturated rings. The first-order valence-corrected chi connectivity index (χ1v) is 9.85. The van der Waals surface area contributed by atoms with Gasteiger partial charge in [-0.15, -0.1) is 0 Å². The third kappa shape index (κ3) is 4.15. The van der Waals surface area contributed by atoms with E-state index < -0.39 is 10.0 Å². The number of anilines is 1. The maximum atomic E-state index is 12.7. The molecule has 0 spiro atoms. The summed E-state index contributed by atoms with van der Waals surface area (Å²) in [5.74, 6) is 0.237. The van der Waals surface area contributed by atoms with Crippen molar-refractivity contribution < 1.29 is 17.6 Å². The maximum Gasteiger partial charge on any atom is 0.264 e. The molecule has 0 saturated heterocycles. The molecule has 27 heavy (non-hydrogen) atoms. The van der Waals surface area contributed by atoms with Crippen LogP contribution in [-0.2, 0) is 16.6 Å². The van der Waals surface area contributed by atoms with E-state index >= 15 is 0 Å². The molecule has 0 atom stereocenters. The summed E-state index contributed by atoms with van der Waals surface area (Å²) in [5, 5.41) is 2.85. The van der Waals surface area contributed by atoms with Crippen LogP contribution in [0.3, 0.4) is 0 Å². The highest BCUT2D eigenvalue weighted by Crippen LogP contribution is 2.27. The topological polar surface area (TPSA) is 79.6 Å². The minimum Gasteiger partial charge on any atom is -0.467 e. The van der Waals surface area contributed by atoms with Gasteiger partial charge in [-0.3, -0.25) is 9.10 Å². The molecule has 0 aliphatic carbocycles. The van der Waals surface area contributed by atoms with E-state index in [9.17, 15) is 13.2 Å². The second-order valence-electron chi connectivity index (χ2n) is 5.71. The van der Waals surface area contributed by atoms with Crippen LogP contribution < -0.4 is 9.62 Å². The Balaban J connectivity index is 1.78. The summed E-state index contributed by atoms with van der Waals surface area (Å²) in [4.78, 5) is 12.5. The van der Waals surface area contributed by atoms with Gasteiger partial charge in [-0.2, -0.15) is 0 Å². The van der Waals surface area contributed by atoms with E-state index in [1.165, 1.54) is 43.6 Å². The lowest BCUT2D eigenvalue weighted by atomic mass is 10.2. The number of rotatable bonds is 6. The number of nitrogens with zero attached hydrogens (tertiary/aromatic N) is 1. The van der Waals surface area contributed by atoms with Crippen molar-refractivity contribution >= 4 is 33.2 Å². The van der Waals surface area contributed by atoms with Gasteiger partial charge in [0.2, 0.25) is 0 Å². The van der Waals surface area contributed by atoms with Gasteiger partial charge in [0.25, 0.3) is 15.9 Å². The second kappa shape index (κ2) is 7.85. The molecule has 1 N–H and O–H groups in total. The lowest BCUT2D eigenvalue weighted by Gasteiger charge is -2.20. The fourth-order valence-electron chi connectivity index (χ4n) is 2.45. The Labute approximate surface area is 162 Å². The van der Waals surface area contributed by atoms with E-state index in [4.69, 9.17) is 16.0 Å². The Bertz CT molecular complexity index is 1030. The number of nitrogens with one attached hydrogen (secondary N) is 1. The summed E-state index contributed by atoms with van der Waals surface area (Å²) in [6.45, 7) is 0.228. The molecule has 3 aromatic rings. The number of carbonyl (C=O) groups excluding carboxylic acids is 1. The Hall–Kier alpha value is -2.77. The highest BCUT2D eigenvalue weighted by atomic mass is 35.5. The molecule has 0 bridgehead atoms. The average Bonchev–Trinajstić information content (AvgIpc) is 3.19. The van der Waals surface area contributed by atoms with Crippen LogP contribution in [0.5, 0.6) is 0 Å². The van der Waals surface area contributed by atoms with Crippen molar-refractivity contribution in [1.29, 1.82) is 0 Å². The van der Waals surface area contributed by atoms with Gasteiger partial charge >= 0.3 is 0 Å². The van der Waals surface area contributed by atoms with Gasteiger partial charge in [0.1, 0.15) is 5.76 Å². The molecule has 0 radical (unpaired) electrons. The largest absolute Gasteiger partial charge is 0.467 e. The molecule has 1 aromatic heterocycles. The predicted molar refractivity (Wildman–Crippen MR) is 103 cm³/mol. The average molecular weight is 405 g/mol. The molecule has 2 aromatic carbocycles. The molecule has 0 aliphatic rings. The van der Waals surface area contributed by atoms with E-state index in [0.717, 1.165) is 4.31 Å². The quantitative estimate of drug-likeness (QED) is 0.679. The van der Waals surface area contributed by atoms with Crippen LogP contribution in [-0.4, -0.2) is 21.4 Å². The number of amides is 1. The van der Waals surface area contributed by atoms with Crippen molar-refractivity contribution in [3.8, 4) is 0 Å². The monoisotopic (exact) mass is 404 g/mol. The molecule has 8 heteroatoms. The fraction of sp³-hybridized carbons (Fsp3) is 0.105. The molecule has 3 rings (SSSR count). The third-order valence-corrected chi connectivity index (χ3v) is 6.08. The van der Waals surface area contributed by atoms with E-state index in [1.54, 1.807) is 30.3 Å².